The van der Waals surface area contributed by atoms with Crippen LogP contribution >= 0.6 is 0 Å². The van der Waals surface area contributed by atoms with Gasteiger partial charge in [0.25, 0.3) is 0 Å². The SMILES string of the molecule is Cc1cn(C2CCCC2)c(NCCc2ccncc2)n1. The van der Waals surface area contributed by atoms with Crippen LogP contribution in [-0.4, -0.2) is 21.1 Å². The molecule has 0 bridgehead atoms. The van der Waals surface area contributed by atoms with Gasteiger partial charge in [0.1, 0.15) is 0 Å². The zero-order valence-electron chi connectivity index (χ0n) is 12.0. The van der Waals surface area contributed by atoms with Crippen LogP contribution in [0.15, 0.2) is 30.7 Å². The Bertz CT molecular complexity index is 541. The third-order valence-electron chi connectivity index (χ3n) is 4.02. The van der Waals surface area contributed by atoms with E-state index in [2.05, 4.69) is 45.1 Å². The number of rotatable bonds is 5. The summed E-state index contributed by atoms with van der Waals surface area (Å²) in [5, 5.41) is 3.49. The molecule has 1 aliphatic rings. The monoisotopic (exact) mass is 270 g/mol. The highest BCUT2D eigenvalue weighted by Gasteiger charge is 2.19. The summed E-state index contributed by atoms with van der Waals surface area (Å²) in [4.78, 5) is 8.67. The normalized spacial score (nSPS) is 15.7. The van der Waals surface area contributed by atoms with Gasteiger partial charge in [-0.05, 0) is 43.9 Å². The van der Waals surface area contributed by atoms with Crippen molar-refractivity contribution in [2.24, 2.45) is 0 Å². The van der Waals surface area contributed by atoms with E-state index in [9.17, 15) is 0 Å². The molecule has 4 heteroatoms. The standard InChI is InChI=1S/C16H22N4/c1-13-12-20(15-4-2-3-5-15)16(19-13)18-11-8-14-6-9-17-10-7-14/h6-7,9-10,12,15H,2-5,8,11H2,1H3,(H,18,19). The minimum absolute atomic E-state index is 0.639. The van der Waals surface area contributed by atoms with E-state index >= 15 is 0 Å². The van der Waals surface area contributed by atoms with Crippen LogP contribution in [0.5, 0.6) is 0 Å². The smallest absolute Gasteiger partial charge is 0.203 e. The first kappa shape index (κ1) is 13.2. The summed E-state index contributed by atoms with van der Waals surface area (Å²) in [6.45, 7) is 2.98. The molecule has 0 unspecified atom stereocenters. The van der Waals surface area contributed by atoms with Gasteiger partial charge >= 0.3 is 0 Å². The molecule has 0 amide bonds. The predicted molar refractivity (Wildman–Crippen MR) is 80.9 cm³/mol. The maximum atomic E-state index is 4.63. The Morgan fingerprint density at radius 3 is 2.75 bits per heavy atom. The quantitative estimate of drug-likeness (QED) is 0.906. The average molecular weight is 270 g/mol. The molecular formula is C16H22N4. The Labute approximate surface area is 120 Å². The first-order valence-electron chi connectivity index (χ1n) is 7.51. The fourth-order valence-electron chi connectivity index (χ4n) is 2.98. The fourth-order valence-corrected chi connectivity index (χ4v) is 2.98. The lowest BCUT2D eigenvalue weighted by atomic mass is 10.2. The number of anilines is 1. The van der Waals surface area contributed by atoms with E-state index in [0.29, 0.717) is 6.04 Å². The number of pyridine rings is 1. The maximum absolute atomic E-state index is 4.63. The van der Waals surface area contributed by atoms with Crippen molar-refractivity contribution in [2.45, 2.75) is 45.1 Å². The van der Waals surface area contributed by atoms with E-state index in [1.54, 1.807) is 0 Å². The van der Waals surface area contributed by atoms with Crippen LogP contribution in [0.25, 0.3) is 0 Å². The second-order valence-electron chi connectivity index (χ2n) is 5.58. The van der Waals surface area contributed by atoms with E-state index in [1.165, 1.54) is 31.2 Å². The van der Waals surface area contributed by atoms with Crippen LogP contribution in [0.1, 0.15) is 43.0 Å². The second-order valence-corrected chi connectivity index (χ2v) is 5.58. The van der Waals surface area contributed by atoms with Gasteiger partial charge in [-0.25, -0.2) is 4.98 Å². The van der Waals surface area contributed by atoms with E-state index in [4.69, 9.17) is 0 Å². The molecule has 1 aliphatic carbocycles. The van der Waals surface area contributed by atoms with Crippen molar-refractivity contribution < 1.29 is 0 Å². The van der Waals surface area contributed by atoms with Crippen molar-refractivity contribution in [3.63, 3.8) is 0 Å². The first-order valence-corrected chi connectivity index (χ1v) is 7.51. The molecule has 0 atom stereocenters. The van der Waals surface area contributed by atoms with E-state index < -0.39 is 0 Å². The van der Waals surface area contributed by atoms with Crippen LogP contribution in [-0.2, 0) is 6.42 Å². The van der Waals surface area contributed by atoms with Crippen molar-refractivity contribution in [3.05, 3.63) is 42.0 Å². The highest BCUT2D eigenvalue weighted by atomic mass is 15.2. The molecule has 0 spiro atoms. The molecule has 20 heavy (non-hydrogen) atoms. The van der Waals surface area contributed by atoms with Gasteiger partial charge < -0.3 is 9.88 Å². The lowest BCUT2D eigenvalue weighted by molar-refractivity contribution is 0.522. The van der Waals surface area contributed by atoms with Crippen molar-refractivity contribution >= 4 is 5.95 Å². The van der Waals surface area contributed by atoms with Crippen molar-refractivity contribution in [1.29, 1.82) is 0 Å². The summed E-state index contributed by atoms with van der Waals surface area (Å²) in [6, 6.07) is 4.77. The molecule has 0 radical (unpaired) electrons. The lowest BCUT2D eigenvalue weighted by Crippen LogP contribution is -2.13. The Kier molecular flexibility index (Phi) is 4.00. The number of aryl methyl sites for hydroxylation is 1. The molecule has 1 saturated carbocycles. The highest BCUT2D eigenvalue weighted by Crippen LogP contribution is 2.32. The molecule has 2 aromatic heterocycles. The number of imidazole rings is 1. The average Bonchev–Trinajstić information content (AvgIpc) is 3.09. The van der Waals surface area contributed by atoms with Gasteiger partial charge in [-0.15, -0.1) is 0 Å². The summed E-state index contributed by atoms with van der Waals surface area (Å²) in [6.07, 6.45) is 12.1. The Hall–Kier alpha value is -1.84. The third-order valence-corrected chi connectivity index (χ3v) is 4.02. The molecule has 106 valence electrons. The third kappa shape index (κ3) is 3.00. The van der Waals surface area contributed by atoms with Gasteiger partial charge in [-0.2, -0.15) is 0 Å². The number of hydrogen-bond donors (Lipinski definition) is 1. The zero-order valence-corrected chi connectivity index (χ0v) is 12.0. The van der Waals surface area contributed by atoms with Crippen molar-refractivity contribution in [2.75, 3.05) is 11.9 Å². The molecule has 1 fully saturated rings. The van der Waals surface area contributed by atoms with Crippen molar-refractivity contribution in [1.82, 2.24) is 14.5 Å². The topological polar surface area (TPSA) is 42.7 Å². The second kappa shape index (κ2) is 6.07. The molecule has 3 rings (SSSR count). The lowest BCUT2D eigenvalue weighted by Gasteiger charge is -2.15. The molecule has 4 nitrogen and oxygen atoms in total. The van der Waals surface area contributed by atoms with Crippen LogP contribution in [0.3, 0.4) is 0 Å². The molecule has 0 saturated heterocycles. The summed E-state index contributed by atoms with van der Waals surface area (Å²) in [5.41, 5.74) is 2.41. The fraction of sp³-hybridized carbons (Fsp3) is 0.500. The van der Waals surface area contributed by atoms with Crippen LogP contribution in [0.4, 0.5) is 5.95 Å². The minimum atomic E-state index is 0.639. The number of nitrogens with one attached hydrogen (secondary N) is 1. The van der Waals surface area contributed by atoms with Gasteiger partial charge in [-0.3, -0.25) is 4.98 Å². The number of aromatic nitrogens is 3. The van der Waals surface area contributed by atoms with Crippen LogP contribution in [0, 0.1) is 6.92 Å². The van der Waals surface area contributed by atoms with Gasteiger partial charge in [-0.1, -0.05) is 12.8 Å². The molecular weight excluding hydrogens is 248 g/mol. The Morgan fingerprint density at radius 2 is 2.00 bits per heavy atom. The molecule has 2 aromatic rings. The molecule has 0 aliphatic heterocycles. The van der Waals surface area contributed by atoms with Gasteiger partial charge in [0, 0.05) is 31.2 Å². The summed E-state index contributed by atoms with van der Waals surface area (Å²) >= 11 is 0. The summed E-state index contributed by atoms with van der Waals surface area (Å²) in [7, 11) is 0. The molecule has 1 N–H and O–H groups in total. The van der Waals surface area contributed by atoms with Crippen LogP contribution < -0.4 is 5.32 Å². The summed E-state index contributed by atoms with van der Waals surface area (Å²) in [5.74, 6) is 1.03. The molecule has 0 aromatic carbocycles. The predicted octanol–water partition coefficient (Wildman–Crippen LogP) is 3.36. The van der Waals surface area contributed by atoms with Gasteiger partial charge in [0.05, 0.1) is 5.69 Å². The van der Waals surface area contributed by atoms with Crippen molar-refractivity contribution in [3.8, 4) is 0 Å². The number of hydrogen-bond acceptors (Lipinski definition) is 3. The Balaban J connectivity index is 1.62. The van der Waals surface area contributed by atoms with Gasteiger partial charge in [0.2, 0.25) is 5.95 Å². The van der Waals surface area contributed by atoms with Crippen LogP contribution in [0.2, 0.25) is 0 Å². The minimum Gasteiger partial charge on any atom is -0.355 e. The summed E-state index contributed by atoms with van der Waals surface area (Å²) < 4.78 is 2.34. The first-order chi connectivity index (χ1) is 9.83. The van der Waals surface area contributed by atoms with E-state index in [-0.39, 0.29) is 0 Å². The maximum Gasteiger partial charge on any atom is 0.203 e. The largest absolute Gasteiger partial charge is 0.355 e. The van der Waals surface area contributed by atoms with E-state index in [1.807, 2.05) is 12.4 Å². The zero-order chi connectivity index (χ0) is 13.8. The number of nitrogens with zero attached hydrogens (tertiary/aromatic N) is 3. The molecule has 2 heterocycles. The van der Waals surface area contributed by atoms with Gasteiger partial charge in [0.15, 0.2) is 0 Å². The Morgan fingerprint density at radius 1 is 1.25 bits per heavy atom. The van der Waals surface area contributed by atoms with E-state index in [0.717, 1.165) is 24.6 Å². The highest BCUT2D eigenvalue weighted by molar-refractivity contribution is 5.30.